The first-order chi connectivity index (χ1) is 6.24. The predicted octanol–water partition coefficient (Wildman–Crippen LogP) is 0.499. The van der Waals surface area contributed by atoms with Gasteiger partial charge in [0.25, 0.3) is 0 Å². The number of aliphatic hydroxyl groups excluding tert-OH is 2. The topological polar surface area (TPSA) is 52.5 Å². The quantitative estimate of drug-likeness (QED) is 0.650. The van der Waals surface area contributed by atoms with Gasteiger partial charge in [0.2, 0.25) is 0 Å². The van der Waals surface area contributed by atoms with E-state index in [2.05, 4.69) is 23.0 Å². The Hall–Kier alpha value is -0.420. The second-order valence-electron chi connectivity index (χ2n) is 3.05. The van der Waals surface area contributed by atoms with E-state index in [9.17, 15) is 0 Å². The minimum atomic E-state index is -0.654. The molecule has 0 bridgehead atoms. The third-order valence-electron chi connectivity index (χ3n) is 1.87. The van der Waals surface area contributed by atoms with Crippen molar-refractivity contribution in [3.05, 3.63) is 21.9 Å². The van der Waals surface area contributed by atoms with Gasteiger partial charge in [0.1, 0.15) is 0 Å². The van der Waals surface area contributed by atoms with Gasteiger partial charge in [-0.3, -0.25) is 0 Å². The summed E-state index contributed by atoms with van der Waals surface area (Å²) in [5, 5.41) is 24.9. The van der Waals surface area contributed by atoms with Gasteiger partial charge in [-0.25, -0.2) is 0 Å². The van der Waals surface area contributed by atoms with E-state index in [-0.39, 0.29) is 6.61 Å². The van der Waals surface area contributed by atoms with E-state index in [1.165, 1.54) is 11.1 Å². The molecule has 1 rings (SSSR count). The highest BCUT2D eigenvalue weighted by atomic mass is 32.1. The van der Waals surface area contributed by atoms with Crippen LogP contribution < -0.4 is 5.32 Å². The van der Waals surface area contributed by atoms with Crippen molar-refractivity contribution in [2.24, 2.45) is 0 Å². The van der Waals surface area contributed by atoms with Crippen LogP contribution in [0.1, 0.15) is 11.1 Å². The molecule has 0 unspecified atom stereocenters. The standard InChI is InChI=1S/C9H15NO2S/c1-7-5-13-6-8(7)2-10-3-9(12)4-11/h5-6,9-12H,2-4H2,1H3/t9-/m0/s1. The number of nitrogens with one attached hydrogen (secondary N) is 1. The molecule has 74 valence electrons. The van der Waals surface area contributed by atoms with Gasteiger partial charge in [-0.1, -0.05) is 0 Å². The van der Waals surface area contributed by atoms with Crippen LogP contribution in [0, 0.1) is 6.92 Å². The fourth-order valence-corrected chi connectivity index (χ4v) is 1.86. The highest BCUT2D eigenvalue weighted by Crippen LogP contribution is 2.12. The zero-order valence-electron chi connectivity index (χ0n) is 7.66. The summed E-state index contributed by atoms with van der Waals surface area (Å²) in [6, 6.07) is 0. The van der Waals surface area contributed by atoms with Gasteiger partial charge >= 0.3 is 0 Å². The fourth-order valence-electron chi connectivity index (χ4n) is 1.01. The number of aryl methyl sites for hydroxylation is 1. The summed E-state index contributed by atoms with van der Waals surface area (Å²) >= 11 is 1.68. The summed E-state index contributed by atoms with van der Waals surface area (Å²) in [4.78, 5) is 0. The van der Waals surface area contributed by atoms with Crippen molar-refractivity contribution >= 4 is 11.3 Å². The molecule has 4 heteroatoms. The minimum absolute atomic E-state index is 0.185. The summed E-state index contributed by atoms with van der Waals surface area (Å²) in [6.07, 6.45) is -0.654. The van der Waals surface area contributed by atoms with Gasteiger partial charge in [0.05, 0.1) is 12.7 Å². The first-order valence-electron chi connectivity index (χ1n) is 4.25. The molecule has 0 amide bonds. The SMILES string of the molecule is Cc1cscc1CNC[C@H](O)CO. The van der Waals surface area contributed by atoms with Crippen molar-refractivity contribution in [3.63, 3.8) is 0 Å². The summed E-state index contributed by atoms with van der Waals surface area (Å²) < 4.78 is 0. The molecule has 1 aromatic rings. The fraction of sp³-hybridized carbons (Fsp3) is 0.556. The lowest BCUT2D eigenvalue weighted by atomic mass is 10.2. The third kappa shape index (κ3) is 3.44. The van der Waals surface area contributed by atoms with Crippen LogP contribution in [0.2, 0.25) is 0 Å². The van der Waals surface area contributed by atoms with Gasteiger partial charge in [0, 0.05) is 13.1 Å². The molecule has 1 aromatic heterocycles. The van der Waals surface area contributed by atoms with Gasteiger partial charge < -0.3 is 15.5 Å². The monoisotopic (exact) mass is 201 g/mol. The molecule has 0 saturated carbocycles. The molecule has 0 saturated heterocycles. The molecular weight excluding hydrogens is 186 g/mol. The lowest BCUT2D eigenvalue weighted by Crippen LogP contribution is -2.28. The average Bonchev–Trinajstić information content (AvgIpc) is 2.52. The van der Waals surface area contributed by atoms with E-state index in [0.29, 0.717) is 6.54 Å². The van der Waals surface area contributed by atoms with Crippen molar-refractivity contribution in [1.29, 1.82) is 0 Å². The maximum atomic E-state index is 9.05. The molecule has 0 aliphatic rings. The van der Waals surface area contributed by atoms with Crippen molar-refractivity contribution < 1.29 is 10.2 Å². The van der Waals surface area contributed by atoms with Crippen molar-refractivity contribution in [2.75, 3.05) is 13.2 Å². The van der Waals surface area contributed by atoms with E-state index in [1.807, 2.05) is 0 Å². The van der Waals surface area contributed by atoms with Crippen LogP contribution in [0.3, 0.4) is 0 Å². The first kappa shape index (κ1) is 10.7. The summed E-state index contributed by atoms with van der Waals surface area (Å²) in [5.41, 5.74) is 2.53. The lowest BCUT2D eigenvalue weighted by Gasteiger charge is -2.08. The van der Waals surface area contributed by atoms with Crippen LogP contribution in [0.15, 0.2) is 10.8 Å². The highest BCUT2D eigenvalue weighted by Gasteiger charge is 2.02. The number of rotatable bonds is 5. The molecule has 0 aliphatic carbocycles. The highest BCUT2D eigenvalue weighted by molar-refractivity contribution is 7.08. The van der Waals surface area contributed by atoms with E-state index < -0.39 is 6.10 Å². The minimum Gasteiger partial charge on any atom is -0.394 e. The molecule has 3 N–H and O–H groups in total. The van der Waals surface area contributed by atoms with Gasteiger partial charge in [-0.15, -0.1) is 0 Å². The third-order valence-corrected chi connectivity index (χ3v) is 2.78. The lowest BCUT2D eigenvalue weighted by molar-refractivity contribution is 0.0942. The maximum Gasteiger partial charge on any atom is 0.0895 e. The molecule has 1 atom stereocenters. The van der Waals surface area contributed by atoms with Crippen LogP contribution in [-0.2, 0) is 6.54 Å². The van der Waals surface area contributed by atoms with Gasteiger partial charge in [-0.05, 0) is 28.8 Å². The zero-order valence-corrected chi connectivity index (χ0v) is 8.47. The molecule has 0 spiro atoms. The van der Waals surface area contributed by atoms with E-state index in [1.54, 1.807) is 11.3 Å². The molecule has 13 heavy (non-hydrogen) atoms. The van der Waals surface area contributed by atoms with Gasteiger partial charge in [-0.2, -0.15) is 11.3 Å². The largest absolute Gasteiger partial charge is 0.394 e. The van der Waals surface area contributed by atoms with Gasteiger partial charge in [0.15, 0.2) is 0 Å². The van der Waals surface area contributed by atoms with E-state index in [0.717, 1.165) is 6.54 Å². The predicted molar refractivity (Wildman–Crippen MR) is 53.9 cm³/mol. The van der Waals surface area contributed by atoms with Crippen LogP contribution in [-0.4, -0.2) is 29.5 Å². The van der Waals surface area contributed by atoms with E-state index >= 15 is 0 Å². The molecular formula is C9H15NO2S. The van der Waals surface area contributed by atoms with Crippen molar-refractivity contribution in [1.82, 2.24) is 5.32 Å². The smallest absolute Gasteiger partial charge is 0.0895 e. The first-order valence-corrected chi connectivity index (χ1v) is 5.19. The Morgan fingerprint density at radius 1 is 1.54 bits per heavy atom. The molecule has 0 fully saturated rings. The van der Waals surface area contributed by atoms with E-state index in [4.69, 9.17) is 10.2 Å². The average molecular weight is 201 g/mol. The van der Waals surface area contributed by atoms with Crippen LogP contribution >= 0.6 is 11.3 Å². The Balaban J connectivity index is 2.24. The number of hydrogen-bond acceptors (Lipinski definition) is 4. The molecule has 1 heterocycles. The number of hydrogen-bond donors (Lipinski definition) is 3. The molecule has 0 aromatic carbocycles. The molecule has 3 nitrogen and oxygen atoms in total. The Morgan fingerprint density at radius 2 is 2.31 bits per heavy atom. The Labute approximate surface area is 82.0 Å². The van der Waals surface area contributed by atoms with Crippen molar-refractivity contribution in [3.8, 4) is 0 Å². The van der Waals surface area contributed by atoms with Crippen LogP contribution in [0.5, 0.6) is 0 Å². The Morgan fingerprint density at radius 3 is 2.85 bits per heavy atom. The second kappa shape index (κ2) is 5.34. The summed E-state index contributed by atoms with van der Waals surface area (Å²) in [6.45, 7) is 3.07. The Kier molecular flexibility index (Phi) is 4.38. The number of thiophene rings is 1. The molecule has 0 aliphatic heterocycles. The number of aliphatic hydroxyl groups is 2. The second-order valence-corrected chi connectivity index (χ2v) is 3.79. The molecule has 0 radical (unpaired) electrons. The summed E-state index contributed by atoms with van der Waals surface area (Å²) in [7, 11) is 0. The normalized spacial score (nSPS) is 13.2. The van der Waals surface area contributed by atoms with Crippen LogP contribution in [0.4, 0.5) is 0 Å². The zero-order chi connectivity index (χ0) is 9.68. The van der Waals surface area contributed by atoms with Crippen molar-refractivity contribution in [2.45, 2.75) is 19.6 Å². The summed E-state index contributed by atoms with van der Waals surface area (Å²) in [5.74, 6) is 0. The maximum absolute atomic E-state index is 9.05. The Bertz CT molecular complexity index is 250. The van der Waals surface area contributed by atoms with Crippen LogP contribution in [0.25, 0.3) is 0 Å².